The molecule has 6 heteroatoms. The third kappa shape index (κ3) is 3.57. The SMILES string of the molecule is CNc1ccc(C(=O)Nc2ccc(I)cc2Cl)cn1. The number of nitrogens with one attached hydrogen (secondary N) is 2. The van der Waals surface area contributed by atoms with Crippen molar-refractivity contribution in [3.8, 4) is 0 Å². The summed E-state index contributed by atoms with van der Waals surface area (Å²) in [5.41, 5.74) is 1.07. The summed E-state index contributed by atoms with van der Waals surface area (Å²) in [6.45, 7) is 0. The molecule has 2 aromatic rings. The van der Waals surface area contributed by atoms with E-state index in [0.29, 0.717) is 22.1 Å². The number of aromatic nitrogens is 1. The number of pyridine rings is 1. The second kappa shape index (κ2) is 6.21. The highest BCUT2D eigenvalue weighted by molar-refractivity contribution is 14.1. The average Bonchev–Trinajstić information content (AvgIpc) is 2.42. The molecular formula is C13H11ClIN3O. The van der Waals surface area contributed by atoms with Gasteiger partial charge in [0, 0.05) is 16.8 Å². The maximum atomic E-state index is 12.0. The summed E-state index contributed by atoms with van der Waals surface area (Å²) < 4.78 is 1.01. The van der Waals surface area contributed by atoms with E-state index in [1.807, 2.05) is 6.07 Å². The summed E-state index contributed by atoms with van der Waals surface area (Å²) in [5, 5.41) is 6.16. The number of carbonyl (C=O) groups is 1. The standard InChI is InChI=1S/C13H11ClIN3O/c1-16-12-5-2-8(7-17-12)13(19)18-11-4-3-9(15)6-10(11)14/h2-7H,1H3,(H,16,17)(H,18,19). The van der Waals surface area contributed by atoms with E-state index >= 15 is 0 Å². The largest absolute Gasteiger partial charge is 0.373 e. The van der Waals surface area contributed by atoms with Crippen molar-refractivity contribution in [1.29, 1.82) is 0 Å². The lowest BCUT2D eigenvalue weighted by molar-refractivity contribution is 0.102. The molecule has 0 aliphatic carbocycles. The van der Waals surface area contributed by atoms with Crippen molar-refractivity contribution in [2.45, 2.75) is 0 Å². The van der Waals surface area contributed by atoms with Crippen LogP contribution in [0.3, 0.4) is 0 Å². The Morgan fingerprint density at radius 3 is 2.68 bits per heavy atom. The Hall–Kier alpha value is -1.34. The van der Waals surface area contributed by atoms with Crippen LogP contribution in [0.15, 0.2) is 36.5 Å². The molecule has 4 nitrogen and oxygen atoms in total. The Morgan fingerprint density at radius 2 is 2.11 bits per heavy atom. The first-order valence-corrected chi connectivity index (χ1v) is 6.96. The summed E-state index contributed by atoms with van der Waals surface area (Å²) in [4.78, 5) is 16.1. The van der Waals surface area contributed by atoms with E-state index < -0.39 is 0 Å². The first kappa shape index (κ1) is 14.1. The lowest BCUT2D eigenvalue weighted by Crippen LogP contribution is -2.12. The Kier molecular flexibility index (Phi) is 4.60. The van der Waals surface area contributed by atoms with E-state index in [1.54, 1.807) is 31.3 Å². The van der Waals surface area contributed by atoms with Crippen LogP contribution in [-0.2, 0) is 0 Å². The number of halogens is 2. The van der Waals surface area contributed by atoms with Crippen molar-refractivity contribution in [1.82, 2.24) is 4.98 Å². The Balaban J connectivity index is 2.15. The van der Waals surface area contributed by atoms with Gasteiger partial charge in [0.2, 0.25) is 0 Å². The summed E-state index contributed by atoms with van der Waals surface area (Å²) >= 11 is 8.22. The highest BCUT2D eigenvalue weighted by Crippen LogP contribution is 2.24. The molecule has 1 aromatic heterocycles. The highest BCUT2D eigenvalue weighted by Gasteiger charge is 2.09. The van der Waals surface area contributed by atoms with Crippen molar-refractivity contribution in [3.05, 3.63) is 50.7 Å². The molecule has 0 aliphatic rings. The smallest absolute Gasteiger partial charge is 0.257 e. The van der Waals surface area contributed by atoms with Gasteiger partial charge in [-0.1, -0.05) is 11.6 Å². The molecule has 0 spiro atoms. The molecule has 0 bridgehead atoms. The molecule has 0 saturated carbocycles. The van der Waals surface area contributed by atoms with Crippen molar-refractivity contribution in [2.24, 2.45) is 0 Å². The van der Waals surface area contributed by atoms with E-state index in [4.69, 9.17) is 11.6 Å². The maximum absolute atomic E-state index is 12.0. The van der Waals surface area contributed by atoms with Gasteiger partial charge in [-0.05, 0) is 52.9 Å². The monoisotopic (exact) mass is 387 g/mol. The molecule has 0 fully saturated rings. The summed E-state index contributed by atoms with van der Waals surface area (Å²) in [6.07, 6.45) is 1.52. The Morgan fingerprint density at radius 1 is 1.32 bits per heavy atom. The predicted molar refractivity (Wildman–Crippen MR) is 85.9 cm³/mol. The minimum absolute atomic E-state index is 0.238. The average molecular weight is 388 g/mol. The van der Waals surface area contributed by atoms with Gasteiger partial charge in [0.1, 0.15) is 5.82 Å². The van der Waals surface area contributed by atoms with E-state index in [2.05, 4.69) is 38.2 Å². The van der Waals surface area contributed by atoms with Crippen LogP contribution in [0.2, 0.25) is 5.02 Å². The fourth-order valence-electron chi connectivity index (χ4n) is 1.46. The molecule has 0 unspecified atom stereocenters. The number of carbonyl (C=O) groups excluding carboxylic acids is 1. The quantitative estimate of drug-likeness (QED) is 0.791. The van der Waals surface area contributed by atoms with Gasteiger partial charge < -0.3 is 10.6 Å². The van der Waals surface area contributed by atoms with Gasteiger partial charge in [-0.25, -0.2) is 4.98 Å². The van der Waals surface area contributed by atoms with Crippen LogP contribution in [0, 0.1) is 3.57 Å². The van der Waals surface area contributed by atoms with Crippen LogP contribution in [0.25, 0.3) is 0 Å². The van der Waals surface area contributed by atoms with E-state index in [9.17, 15) is 4.79 Å². The molecule has 1 aromatic carbocycles. The minimum Gasteiger partial charge on any atom is -0.373 e. The van der Waals surface area contributed by atoms with Gasteiger partial charge in [-0.3, -0.25) is 4.79 Å². The van der Waals surface area contributed by atoms with Gasteiger partial charge in [0.15, 0.2) is 0 Å². The molecule has 0 aliphatic heterocycles. The van der Waals surface area contributed by atoms with Crippen LogP contribution >= 0.6 is 34.2 Å². The highest BCUT2D eigenvalue weighted by atomic mass is 127. The Labute approximate surface area is 129 Å². The third-order valence-electron chi connectivity index (χ3n) is 2.46. The van der Waals surface area contributed by atoms with E-state index in [0.717, 1.165) is 3.57 Å². The first-order chi connectivity index (χ1) is 9.10. The van der Waals surface area contributed by atoms with Crippen molar-refractivity contribution in [2.75, 3.05) is 17.7 Å². The lowest BCUT2D eigenvalue weighted by Gasteiger charge is -2.07. The molecule has 0 radical (unpaired) electrons. The second-order valence-electron chi connectivity index (χ2n) is 3.76. The second-order valence-corrected chi connectivity index (χ2v) is 5.41. The molecule has 98 valence electrons. The van der Waals surface area contributed by atoms with Crippen LogP contribution < -0.4 is 10.6 Å². The summed E-state index contributed by atoms with van der Waals surface area (Å²) in [7, 11) is 1.77. The van der Waals surface area contributed by atoms with E-state index in [1.165, 1.54) is 6.20 Å². The Bertz CT molecular complexity index is 601. The van der Waals surface area contributed by atoms with Crippen LogP contribution in [0.5, 0.6) is 0 Å². The number of anilines is 2. The molecule has 0 saturated heterocycles. The molecule has 19 heavy (non-hydrogen) atoms. The zero-order valence-electron chi connectivity index (χ0n) is 10.1. The van der Waals surface area contributed by atoms with Crippen LogP contribution in [0.1, 0.15) is 10.4 Å². The van der Waals surface area contributed by atoms with Gasteiger partial charge in [-0.2, -0.15) is 0 Å². The number of rotatable bonds is 3. The first-order valence-electron chi connectivity index (χ1n) is 5.50. The third-order valence-corrected chi connectivity index (χ3v) is 3.44. The molecular weight excluding hydrogens is 377 g/mol. The van der Waals surface area contributed by atoms with Crippen molar-refractivity contribution < 1.29 is 4.79 Å². The number of nitrogens with zero attached hydrogens (tertiary/aromatic N) is 1. The van der Waals surface area contributed by atoms with Gasteiger partial charge >= 0.3 is 0 Å². The maximum Gasteiger partial charge on any atom is 0.257 e. The predicted octanol–water partition coefficient (Wildman–Crippen LogP) is 3.63. The van der Waals surface area contributed by atoms with Crippen LogP contribution in [0.4, 0.5) is 11.5 Å². The molecule has 2 N–H and O–H groups in total. The fraction of sp³-hybridized carbons (Fsp3) is 0.0769. The van der Waals surface area contributed by atoms with Crippen molar-refractivity contribution in [3.63, 3.8) is 0 Å². The van der Waals surface area contributed by atoms with Gasteiger partial charge in [-0.15, -0.1) is 0 Å². The normalized spacial score (nSPS) is 10.1. The summed E-state index contributed by atoms with van der Waals surface area (Å²) in [6, 6.07) is 8.89. The van der Waals surface area contributed by atoms with E-state index in [-0.39, 0.29) is 5.91 Å². The van der Waals surface area contributed by atoms with Crippen LogP contribution in [-0.4, -0.2) is 17.9 Å². The molecule has 0 atom stereocenters. The molecule has 1 heterocycles. The fourth-order valence-corrected chi connectivity index (χ4v) is 2.36. The molecule has 1 amide bonds. The van der Waals surface area contributed by atoms with Gasteiger partial charge in [0.05, 0.1) is 16.3 Å². The number of hydrogen-bond donors (Lipinski definition) is 2. The lowest BCUT2D eigenvalue weighted by atomic mass is 10.2. The molecule has 2 rings (SSSR count). The minimum atomic E-state index is -0.238. The zero-order valence-corrected chi connectivity index (χ0v) is 13.0. The number of benzene rings is 1. The topological polar surface area (TPSA) is 54.0 Å². The number of hydrogen-bond acceptors (Lipinski definition) is 3. The van der Waals surface area contributed by atoms with Crippen molar-refractivity contribution >= 4 is 51.6 Å². The zero-order chi connectivity index (χ0) is 13.8. The van der Waals surface area contributed by atoms with Gasteiger partial charge in [0.25, 0.3) is 5.91 Å². The number of amides is 1. The summed E-state index contributed by atoms with van der Waals surface area (Å²) in [5.74, 6) is 0.474.